The fourth-order valence-corrected chi connectivity index (χ4v) is 8.42. The van der Waals surface area contributed by atoms with E-state index in [4.69, 9.17) is 33.5 Å². The van der Waals surface area contributed by atoms with Crippen molar-refractivity contribution in [1.82, 2.24) is 29.1 Å². The Bertz CT molecular complexity index is 3650. The number of hydrogen-bond donors (Lipinski definition) is 0. The highest BCUT2D eigenvalue weighted by Crippen LogP contribution is 2.38. The molecule has 0 radical (unpaired) electrons. The van der Waals surface area contributed by atoms with Crippen LogP contribution in [0.4, 0.5) is 0 Å². The SMILES string of the molecule is [2H]C([2H])([2H])c1ccc(Oc2ccc3c4ccccc4n(-c4cc(C)ccn4)c3c2)cc1-c1cnc(-c2cc(Oc3ccc4c5ccccc5n(-c5cc(C)ccn5)c4c3)ccc2C)cn1. The fourth-order valence-electron chi connectivity index (χ4n) is 8.42. The molecule has 298 valence electrons. The normalized spacial score (nSPS) is 12.5. The van der Waals surface area contributed by atoms with Crippen molar-refractivity contribution in [3.63, 3.8) is 0 Å². The van der Waals surface area contributed by atoms with Crippen molar-refractivity contribution >= 4 is 43.6 Å². The zero-order valence-corrected chi connectivity index (χ0v) is 34.2. The molecule has 8 nitrogen and oxygen atoms in total. The number of hydrogen-bond acceptors (Lipinski definition) is 6. The predicted molar refractivity (Wildman–Crippen MR) is 249 cm³/mol. The highest BCUT2D eigenvalue weighted by Gasteiger charge is 2.17. The minimum absolute atomic E-state index is 0.147. The second-order valence-electron chi connectivity index (χ2n) is 15.6. The van der Waals surface area contributed by atoms with Gasteiger partial charge < -0.3 is 9.47 Å². The molecule has 5 aromatic heterocycles. The lowest BCUT2D eigenvalue weighted by Gasteiger charge is -2.13. The molecule has 11 aromatic rings. The number of nitrogens with zero attached hydrogens (tertiary/aromatic N) is 6. The largest absolute Gasteiger partial charge is 0.457 e. The summed E-state index contributed by atoms with van der Waals surface area (Å²) >= 11 is 0. The maximum atomic E-state index is 8.39. The Balaban J connectivity index is 0.906. The van der Waals surface area contributed by atoms with E-state index in [0.29, 0.717) is 39.9 Å². The minimum atomic E-state index is -2.41. The van der Waals surface area contributed by atoms with Crippen LogP contribution in [0.25, 0.3) is 77.8 Å². The first-order valence-corrected chi connectivity index (χ1v) is 20.4. The summed E-state index contributed by atoms with van der Waals surface area (Å²) in [5.74, 6) is 4.01. The van der Waals surface area contributed by atoms with Crippen LogP contribution in [-0.4, -0.2) is 29.1 Å². The number of benzene rings is 6. The molecule has 0 aliphatic rings. The number of para-hydroxylation sites is 2. The average molecular weight is 808 g/mol. The van der Waals surface area contributed by atoms with Crippen LogP contribution in [0.1, 0.15) is 26.4 Å². The summed E-state index contributed by atoms with van der Waals surface area (Å²) in [5.41, 5.74) is 9.65. The van der Waals surface area contributed by atoms with Crippen LogP contribution >= 0.6 is 0 Å². The molecule has 0 saturated carbocycles. The number of pyridine rings is 2. The molecule has 11 rings (SSSR count). The van der Waals surface area contributed by atoms with Crippen LogP contribution < -0.4 is 9.47 Å². The highest BCUT2D eigenvalue weighted by molar-refractivity contribution is 6.10. The van der Waals surface area contributed by atoms with Gasteiger partial charge in [0.15, 0.2) is 0 Å². The maximum absolute atomic E-state index is 8.39. The van der Waals surface area contributed by atoms with Gasteiger partial charge >= 0.3 is 0 Å². The zero-order chi connectivity index (χ0) is 44.4. The molecular weight excluding hydrogens is 765 g/mol. The first-order valence-electron chi connectivity index (χ1n) is 21.9. The molecule has 0 atom stereocenters. The monoisotopic (exact) mass is 807 g/mol. The van der Waals surface area contributed by atoms with Gasteiger partial charge in [-0.2, -0.15) is 0 Å². The topological polar surface area (TPSA) is 79.9 Å². The molecule has 0 unspecified atom stereocenters. The van der Waals surface area contributed by atoms with E-state index in [1.807, 2.05) is 92.1 Å². The lowest BCUT2D eigenvalue weighted by Crippen LogP contribution is -1.97. The first-order chi connectivity index (χ1) is 31.6. The molecule has 0 bridgehead atoms. The van der Waals surface area contributed by atoms with Crippen LogP contribution in [0.15, 0.2) is 170 Å². The molecule has 0 spiro atoms. The summed E-state index contributed by atoms with van der Waals surface area (Å²) in [6.07, 6.45) is 6.93. The van der Waals surface area contributed by atoms with E-state index >= 15 is 0 Å². The Morgan fingerprint density at radius 1 is 0.419 bits per heavy atom. The van der Waals surface area contributed by atoms with Gasteiger partial charge in [-0.1, -0.05) is 48.5 Å². The third-order valence-electron chi connectivity index (χ3n) is 11.4. The first kappa shape index (κ1) is 33.7. The highest BCUT2D eigenvalue weighted by atomic mass is 16.5. The van der Waals surface area contributed by atoms with Gasteiger partial charge in [0.25, 0.3) is 0 Å². The van der Waals surface area contributed by atoms with Crippen molar-refractivity contribution in [2.24, 2.45) is 0 Å². The van der Waals surface area contributed by atoms with Gasteiger partial charge in [-0.15, -0.1) is 0 Å². The van der Waals surface area contributed by atoms with Crippen molar-refractivity contribution in [3.05, 3.63) is 193 Å². The minimum Gasteiger partial charge on any atom is -0.457 e. The lowest BCUT2D eigenvalue weighted by molar-refractivity contribution is 0.483. The van der Waals surface area contributed by atoms with E-state index in [-0.39, 0.29) is 5.56 Å². The Morgan fingerprint density at radius 2 is 0.855 bits per heavy atom. The molecule has 8 heteroatoms. The molecule has 5 heterocycles. The summed E-state index contributed by atoms with van der Waals surface area (Å²) in [7, 11) is 0. The summed E-state index contributed by atoms with van der Waals surface area (Å²) in [6, 6.07) is 47.7. The zero-order valence-electron chi connectivity index (χ0n) is 37.2. The smallest absolute Gasteiger partial charge is 0.137 e. The van der Waals surface area contributed by atoms with Gasteiger partial charge in [-0.05, 0) is 135 Å². The van der Waals surface area contributed by atoms with Crippen LogP contribution in [0.3, 0.4) is 0 Å². The molecule has 0 saturated heterocycles. The van der Waals surface area contributed by atoms with Crippen LogP contribution in [-0.2, 0) is 0 Å². The van der Waals surface area contributed by atoms with E-state index in [9.17, 15) is 0 Å². The molecule has 62 heavy (non-hydrogen) atoms. The van der Waals surface area contributed by atoms with Crippen molar-refractivity contribution in [2.45, 2.75) is 27.6 Å². The summed E-state index contributed by atoms with van der Waals surface area (Å²) in [4.78, 5) is 19.0. The second-order valence-corrected chi connectivity index (χ2v) is 15.6. The Hall–Kier alpha value is -8.10. The Labute approximate surface area is 362 Å². The van der Waals surface area contributed by atoms with Crippen molar-refractivity contribution < 1.29 is 13.6 Å². The molecule has 0 N–H and O–H groups in total. The summed E-state index contributed by atoms with van der Waals surface area (Å²) in [6.45, 7) is 3.71. The molecule has 0 amide bonds. The molecule has 0 aliphatic carbocycles. The van der Waals surface area contributed by atoms with Crippen LogP contribution in [0.2, 0.25) is 0 Å². The van der Waals surface area contributed by atoms with E-state index in [0.717, 1.165) is 77.5 Å². The molecular formula is C54H40N6O2. The van der Waals surface area contributed by atoms with Gasteiger partial charge in [-0.3, -0.25) is 19.1 Å². The number of rotatable bonds is 8. The second kappa shape index (κ2) is 14.9. The van der Waals surface area contributed by atoms with Crippen molar-refractivity contribution in [3.8, 4) is 57.1 Å². The number of fused-ring (bicyclic) bond motifs is 6. The summed E-state index contributed by atoms with van der Waals surface area (Å²) in [5, 5.41) is 4.41. The molecule has 6 aromatic carbocycles. The number of aryl methyl sites for hydroxylation is 4. The third-order valence-corrected chi connectivity index (χ3v) is 11.4. The third kappa shape index (κ3) is 6.49. The van der Waals surface area contributed by atoms with Gasteiger partial charge in [-0.25, -0.2) is 9.97 Å². The molecule has 0 fully saturated rings. The van der Waals surface area contributed by atoms with Gasteiger partial charge in [0.05, 0.1) is 45.8 Å². The van der Waals surface area contributed by atoms with E-state index in [2.05, 4.69) is 77.6 Å². The Morgan fingerprint density at radius 3 is 1.34 bits per heavy atom. The Kier molecular flexibility index (Phi) is 8.08. The fraction of sp³-hybridized carbons (Fsp3) is 0.0741. The van der Waals surface area contributed by atoms with E-state index < -0.39 is 6.85 Å². The summed E-state index contributed by atoms with van der Waals surface area (Å²) < 4.78 is 42.5. The predicted octanol–water partition coefficient (Wildman–Crippen LogP) is 13.6. The standard InChI is InChI=1S/C54H40N6O2/c1-33-21-23-55-53(25-33)59-49-11-7-5-9-41(49)43-19-17-39(29-51(43)59)61-37-15-13-35(3)45(27-37)47-31-58-48(32-57-47)46-28-38(16-14-36(46)4)62-40-18-20-44-42-10-6-8-12-50(42)60(52(44)30-40)54-26-34(2)22-24-56-54/h5-32H,1-4H3/i3D3. The van der Waals surface area contributed by atoms with Crippen molar-refractivity contribution in [1.29, 1.82) is 0 Å². The number of ether oxygens (including phenoxy) is 2. The quantitative estimate of drug-likeness (QED) is 0.152. The average Bonchev–Trinajstić information content (AvgIpc) is 3.81. The van der Waals surface area contributed by atoms with E-state index in [1.165, 1.54) is 0 Å². The van der Waals surface area contributed by atoms with Gasteiger partial charge in [0, 0.05) is 61.3 Å². The van der Waals surface area contributed by atoms with Gasteiger partial charge in [0.1, 0.15) is 34.6 Å². The molecule has 0 aliphatic heterocycles. The maximum Gasteiger partial charge on any atom is 0.137 e. The lowest BCUT2D eigenvalue weighted by atomic mass is 10.0. The van der Waals surface area contributed by atoms with Crippen LogP contribution in [0, 0.1) is 27.6 Å². The van der Waals surface area contributed by atoms with Gasteiger partial charge in [0.2, 0.25) is 0 Å². The van der Waals surface area contributed by atoms with E-state index in [1.54, 1.807) is 30.6 Å². The number of aromatic nitrogens is 6. The van der Waals surface area contributed by atoms with Crippen molar-refractivity contribution in [2.75, 3.05) is 0 Å². The van der Waals surface area contributed by atoms with Crippen LogP contribution in [0.5, 0.6) is 23.0 Å².